The van der Waals surface area contributed by atoms with Crippen molar-refractivity contribution in [2.75, 3.05) is 26.2 Å². The molecule has 2 fully saturated rings. The molecule has 0 N–H and O–H groups in total. The number of rotatable bonds is 3. The second-order valence-electron chi connectivity index (χ2n) is 8.37. The molecule has 1 aliphatic heterocycles. The molecule has 2 heterocycles. The van der Waals surface area contributed by atoms with E-state index in [1.165, 1.54) is 44.2 Å². The van der Waals surface area contributed by atoms with Gasteiger partial charge in [-0.25, -0.2) is 4.39 Å². The van der Waals surface area contributed by atoms with Crippen LogP contribution in [-0.2, 0) is 0 Å². The Morgan fingerprint density at radius 2 is 1.70 bits per heavy atom. The van der Waals surface area contributed by atoms with Gasteiger partial charge in [0, 0.05) is 43.3 Å². The molecule has 1 saturated carbocycles. The highest BCUT2D eigenvalue weighted by atomic mass is 19.1. The van der Waals surface area contributed by atoms with Gasteiger partial charge in [-0.2, -0.15) is 0 Å². The normalized spacial score (nSPS) is 18.8. The number of aromatic nitrogens is 1. The molecule has 5 nitrogen and oxygen atoms in total. The second kappa shape index (κ2) is 8.19. The Bertz CT molecular complexity index is 1030. The minimum atomic E-state index is -0.300. The van der Waals surface area contributed by atoms with E-state index in [9.17, 15) is 9.18 Å². The van der Waals surface area contributed by atoms with Gasteiger partial charge in [0.05, 0.1) is 5.39 Å². The summed E-state index contributed by atoms with van der Waals surface area (Å²) in [5, 5.41) is 4.86. The molecule has 6 heteroatoms. The van der Waals surface area contributed by atoms with Gasteiger partial charge in [-0.15, -0.1) is 0 Å². The first-order valence-electron chi connectivity index (χ1n) is 10.9. The number of carbonyl (C=O) groups is 1. The van der Waals surface area contributed by atoms with Crippen LogP contribution in [0.15, 0.2) is 47.0 Å². The van der Waals surface area contributed by atoms with E-state index in [1.54, 1.807) is 12.1 Å². The maximum Gasteiger partial charge on any atom is 0.253 e. The highest BCUT2D eigenvalue weighted by Gasteiger charge is 2.27. The molecular weight excluding hydrogens is 381 g/mol. The Balaban J connectivity index is 1.33. The summed E-state index contributed by atoms with van der Waals surface area (Å²) in [5.74, 6) is 0.305. The van der Waals surface area contributed by atoms with Crippen LogP contribution in [0, 0.1) is 5.82 Å². The van der Waals surface area contributed by atoms with E-state index in [-0.39, 0.29) is 11.7 Å². The van der Waals surface area contributed by atoms with Gasteiger partial charge in [0.1, 0.15) is 11.3 Å². The predicted molar refractivity (Wildman–Crippen MR) is 114 cm³/mol. The number of hydrogen-bond acceptors (Lipinski definition) is 4. The average Bonchev–Trinajstić information content (AvgIpc) is 3.23. The predicted octanol–water partition coefficient (Wildman–Crippen LogP) is 4.72. The highest BCUT2D eigenvalue weighted by molar-refractivity contribution is 6.01. The van der Waals surface area contributed by atoms with Gasteiger partial charge >= 0.3 is 0 Å². The molecule has 0 bridgehead atoms. The number of halogens is 1. The third kappa shape index (κ3) is 3.72. The van der Waals surface area contributed by atoms with E-state index in [1.807, 2.05) is 23.1 Å². The minimum Gasteiger partial charge on any atom is -0.355 e. The maximum absolute atomic E-state index is 13.3. The van der Waals surface area contributed by atoms with Gasteiger partial charge in [0.2, 0.25) is 0 Å². The fourth-order valence-corrected chi connectivity index (χ4v) is 4.80. The zero-order valence-corrected chi connectivity index (χ0v) is 17.0. The summed E-state index contributed by atoms with van der Waals surface area (Å²) >= 11 is 0. The van der Waals surface area contributed by atoms with Gasteiger partial charge in [-0.05, 0) is 55.3 Å². The SMILES string of the molecule is O=C(c1ccc2noc(-c3ccc(F)cc3)c2c1)N1CCN(C2CCCCC2)CC1. The third-order valence-corrected chi connectivity index (χ3v) is 6.52. The lowest BCUT2D eigenvalue weighted by Gasteiger charge is -2.40. The molecule has 5 rings (SSSR count). The molecule has 1 aromatic heterocycles. The lowest BCUT2D eigenvalue weighted by molar-refractivity contribution is 0.0523. The van der Waals surface area contributed by atoms with Gasteiger partial charge < -0.3 is 9.42 Å². The molecule has 1 saturated heterocycles. The Hall–Kier alpha value is -2.73. The number of amides is 1. The number of piperazine rings is 1. The lowest BCUT2D eigenvalue weighted by Crippen LogP contribution is -2.52. The molecule has 0 atom stereocenters. The zero-order chi connectivity index (χ0) is 20.5. The van der Waals surface area contributed by atoms with Crippen molar-refractivity contribution in [1.82, 2.24) is 15.0 Å². The number of benzene rings is 2. The van der Waals surface area contributed by atoms with Gasteiger partial charge in [0.15, 0.2) is 5.76 Å². The molecule has 30 heavy (non-hydrogen) atoms. The van der Waals surface area contributed by atoms with Crippen molar-refractivity contribution < 1.29 is 13.7 Å². The smallest absolute Gasteiger partial charge is 0.253 e. The summed E-state index contributed by atoms with van der Waals surface area (Å²) < 4.78 is 18.8. The van der Waals surface area contributed by atoms with Crippen LogP contribution in [0.1, 0.15) is 42.5 Å². The Labute approximate surface area is 175 Å². The van der Waals surface area contributed by atoms with Crippen molar-refractivity contribution in [1.29, 1.82) is 0 Å². The minimum absolute atomic E-state index is 0.0476. The quantitative estimate of drug-likeness (QED) is 0.630. The van der Waals surface area contributed by atoms with E-state index < -0.39 is 0 Å². The number of carbonyl (C=O) groups excluding carboxylic acids is 1. The Kier molecular flexibility index (Phi) is 5.25. The number of hydrogen-bond donors (Lipinski definition) is 0. The summed E-state index contributed by atoms with van der Waals surface area (Å²) in [4.78, 5) is 17.7. The molecule has 1 aliphatic carbocycles. The van der Waals surface area contributed by atoms with Crippen molar-refractivity contribution in [2.45, 2.75) is 38.1 Å². The Morgan fingerprint density at radius 3 is 2.43 bits per heavy atom. The summed E-state index contributed by atoms with van der Waals surface area (Å²) in [6, 6.07) is 12.3. The lowest BCUT2D eigenvalue weighted by atomic mass is 9.94. The van der Waals surface area contributed by atoms with Crippen molar-refractivity contribution in [3.8, 4) is 11.3 Å². The molecule has 0 unspecified atom stereocenters. The topological polar surface area (TPSA) is 49.6 Å². The van der Waals surface area contributed by atoms with Crippen LogP contribution in [0.5, 0.6) is 0 Å². The van der Waals surface area contributed by atoms with Crippen LogP contribution in [0.3, 0.4) is 0 Å². The standard InChI is InChI=1S/C24H26FN3O2/c25-19-9-6-17(7-10-19)23-21-16-18(8-11-22(21)26-30-23)24(29)28-14-12-27(13-15-28)20-4-2-1-3-5-20/h6-11,16,20H,1-5,12-15H2. The van der Waals surface area contributed by atoms with Crippen LogP contribution in [0.2, 0.25) is 0 Å². The fourth-order valence-electron chi connectivity index (χ4n) is 4.80. The van der Waals surface area contributed by atoms with Crippen molar-refractivity contribution in [3.63, 3.8) is 0 Å². The second-order valence-corrected chi connectivity index (χ2v) is 8.37. The monoisotopic (exact) mass is 407 g/mol. The van der Waals surface area contributed by atoms with Crippen LogP contribution in [0.25, 0.3) is 22.2 Å². The summed E-state index contributed by atoms with van der Waals surface area (Å²) in [6.45, 7) is 3.43. The maximum atomic E-state index is 13.3. The van der Waals surface area contributed by atoms with Crippen molar-refractivity contribution in [2.24, 2.45) is 0 Å². The molecular formula is C24H26FN3O2. The molecule has 2 aliphatic rings. The Morgan fingerprint density at radius 1 is 0.967 bits per heavy atom. The average molecular weight is 407 g/mol. The van der Waals surface area contributed by atoms with E-state index in [0.29, 0.717) is 22.9 Å². The zero-order valence-electron chi connectivity index (χ0n) is 17.0. The van der Waals surface area contributed by atoms with E-state index >= 15 is 0 Å². The first-order chi connectivity index (χ1) is 14.7. The van der Waals surface area contributed by atoms with Crippen LogP contribution in [-0.4, -0.2) is 53.1 Å². The van der Waals surface area contributed by atoms with Crippen LogP contribution < -0.4 is 0 Å². The first-order valence-corrected chi connectivity index (χ1v) is 10.9. The molecule has 3 aromatic rings. The third-order valence-electron chi connectivity index (χ3n) is 6.52. The molecule has 1 amide bonds. The van der Waals surface area contributed by atoms with Crippen molar-refractivity contribution in [3.05, 3.63) is 53.8 Å². The number of fused-ring (bicyclic) bond motifs is 1. The fraction of sp³-hybridized carbons (Fsp3) is 0.417. The van der Waals surface area contributed by atoms with E-state index in [0.717, 1.165) is 37.1 Å². The van der Waals surface area contributed by atoms with Crippen LogP contribution in [0.4, 0.5) is 4.39 Å². The molecule has 0 radical (unpaired) electrons. The van der Waals surface area contributed by atoms with Gasteiger partial charge in [-0.3, -0.25) is 9.69 Å². The highest BCUT2D eigenvalue weighted by Crippen LogP contribution is 2.30. The van der Waals surface area contributed by atoms with Crippen LogP contribution >= 0.6 is 0 Å². The summed E-state index contributed by atoms with van der Waals surface area (Å²) in [5.41, 5.74) is 2.07. The largest absolute Gasteiger partial charge is 0.355 e. The first kappa shape index (κ1) is 19.2. The van der Waals surface area contributed by atoms with E-state index in [2.05, 4.69) is 10.1 Å². The molecule has 156 valence electrons. The number of nitrogens with zero attached hydrogens (tertiary/aromatic N) is 3. The molecule has 2 aromatic carbocycles. The van der Waals surface area contributed by atoms with E-state index in [4.69, 9.17) is 4.52 Å². The van der Waals surface area contributed by atoms with Gasteiger partial charge in [-0.1, -0.05) is 24.4 Å². The van der Waals surface area contributed by atoms with Crippen molar-refractivity contribution >= 4 is 16.8 Å². The summed E-state index contributed by atoms with van der Waals surface area (Å²) in [6.07, 6.45) is 6.62. The molecule has 0 spiro atoms. The van der Waals surface area contributed by atoms with Gasteiger partial charge in [0.25, 0.3) is 5.91 Å². The summed E-state index contributed by atoms with van der Waals surface area (Å²) in [7, 11) is 0.